The van der Waals surface area contributed by atoms with Crippen LogP contribution in [0.3, 0.4) is 0 Å². The molecule has 1 aromatic carbocycles. The zero-order valence-corrected chi connectivity index (χ0v) is 25.8. The van der Waals surface area contributed by atoms with Gasteiger partial charge in [-0.1, -0.05) is 50.8 Å². The van der Waals surface area contributed by atoms with E-state index in [0.717, 1.165) is 57.9 Å². The molecule has 5 nitrogen and oxygen atoms in total. The van der Waals surface area contributed by atoms with Gasteiger partial charge in [0, 0.05) is 58.6 Å². The summed E-state index contributed by atoms with van der Waals surface area (Å²) in [4.78, 5) is 21.6. The van der Waals surface area contributed by atoms with Crippen LogP contribution in [-0.2, 0) is 24.9 Å². The summed E-state index contributed by atoms with van der Waals surface area (Å²) in [6.45, 7) is 5.80. The van der Waals surface area contributed by atoms with E-state index in [1.54, 1.807) is 17.4 Å². The van der Waals surface area contributed by atoms with E-state index in [4.69, 9.17) is 13.5 Å². The van der Waals surface area contributed by atoms with Crippen LogP contribution >= 0.6 is 11.3 Å². The molecule has 1 radical (unpaired) electrons. The summed E-state index contributed by atoms with van der Waals surface area (Å²) in [5, 5.41) is 14.5. The van der Waals surface area contributed by atoms with Crippen molar-refractivity contribution >= 4 is 49.4 Å². The number of carbonyl (C=O) groups is 1. The number of carbonyl (C=O) groups excluding carboxylic acids is 1. The number of hydrogen-bond donors (Lipinski definition) is 1. The van der Waals surface area contributed by atoms with E-state index < -0.39 is 6.85 Å². The third kappa shape index (κ3) is 6.84. The number of thiophene rings is 1. The van der Waals surface area contributed by atoms with Gasteiger partial charge in [0.15, 0.2) is 5.78 Å². The monoisotopic (exact) mass is 723 g/mol. The summed E-state index contributed by atoms with van der Waals surface area (Å²) in [6, 6.07) is 16.2. The van der Waals surface area contributed by atoms with E-state index in [2.05, 4.69) is 11.1 Å². The Morgan fingerprint density at radius 3 is 2.46 bits per heavy atom. The number of fused-ring (bicyclic) bond motifs is 4. The Balaban J connectivity index is 0.000000263. The van der Waals surface area contributed by atoms with E-state index in [1.165, 1.54) is 12.1 Å². The fraction of sp³-hybridized carbons (Fsp3) is 0.344. The topological polar surface area (TPSA) is 76.2 Å². The van der Waals surface area contributed by atoms with Crippen molar-refractivity contribution in [1.82, 2.24) is 9.97 Å². The van der Waals surface area contributed by atoms with E-state index in [9.17, 15) is 9.90 Å². The first-order valence-corrected chi connectivity index (χ1v) is 14.0. The fourth-order valence-electron chi connectivity index (χ4n) is 4.58. The van der Waals surface area contributed by atoms with E-state index in [0.29, 0.717) is 11.3 Å². The van der Waals surface area contributed by atoms with E-state index in [1.807, 2.05) is 63.4 Å². The minimum atomic E-state index is -2.27. The number of aryl methyl sites for hydroxylation is 1. The van der Waals surface area contributed by atoms with Gasteiger partial charge in [0.25, 0.3) is 0 Å². The molecule has 0 atom stereocenters. The summed E-state index contributed by atoms with van der Waals surface area (Å²) < 4.78 is 28.5. The van der Waals surface area contributed by atoms with Gasteiger partial charge in [-0.05, 0) is 61.8 Å². The van der Waals surface area contributed by atoms with Gasteiger partial charge in [-0.3, -0.25) is 9.78 Å². The Kier molecular flexibility index (Phi) is 9.45. The third-order valence-electron chi connectivity index (χ3n) is 6.95. The zero-order valence-electron chi connectivity index (χ0n) is 25.6. The van der Waals surface area contributed by atoms with E-state index >= 15 is 0 Å². The predicted octanol–water partition coefficient (Wildman–Crippen LogP) is 9.23. The number of aliphatic hydroxyl groups excluding tert-OH is 1. The number of rotatable bonds is 8. The number of ketones is 1. The Bertz CT molecular complexity index is 1690. The van der Waals surface area contributed by atoms with E-state index in [-0.39, 0.29) is 49.2 Å². The molecule has 0 bridgehead atoms. The molecule has 7 heteroatoms. The molecule has 0 fully saturated rings. The third-order valence-corrected chi connectivity index (χ3v) is 7.78. The van der Waals surface area contributed by atoms with Crippen molar-refractivity contribution in [3.63, 3.8) is 0 Å². The van der Waals surface area contributed by atoms with Gasteiger partial charge < -0.3 is 9.52 Å². The summed E-state index contributed by atoms with van der Waals surface area (Å²) in [5.74, 6) is 0.547. The molecule has 0 spiro atoms. The molecule has 0 aliphatic rings. The van der Waals surface area contributed by atoms with Crippen LogP contribution in [0.1, 0.15) is 63.2 Å². The molecular weight excluding hydrogens is 685 g/mol. The van der Waals surface area contributed by atoms with Crippen molar-refractivity contribution in [3.8, 4) is 11.3 Å². The van der Waals surface area contributed by atoms with Crippen LogP contribution in [0.2, 0.25) is 0 Å². The molecular formula is C32H35IrN2O3S-. The maximum atomic E-state index is 11.7. The van der Waals surface area contributed by atoms with Gasteiger partial charge in [-0.15, -0.1) is 29.5 Å². The number of benzene rings is 1. The zero-order chi connectivity index (χ0) is 29.7. The standard InChI is InChI=1S/C19H11N2OS.C13H24O2.Ir/c1-11-5-7-14-13-3-2-4-15(17(13)22-18(14)20-11)16-8-6-12-9-10-23-19(12)21-16;1-5-10(6-2)12(14)9-13(15)11(7-3)8-4;/h2-3,5-10H,1H3;9-11,14H,5-8H2,1-4H3;/q-1;;/b;12-9-;/i1D3;;. The Labute approximate surface area is 251 Å². The smallest absolute Gasteiger partial charge is 0.216 e. The van der Waals surface area contributed by atoms with Gasteiger partial charge in [0.05, 0.1) is 11.3 Å². The molecule has 0 saturated carbocycles. The number of furan rings is 1. The van der Waals surface area contributed by atoms with Crippen LogP contribution in [-0.4, -0.2) is 20.9 Å². The summed E-state index contributed by atoms with van der Waals surface area (Å²) in [7, 11) is 0. The molecule has 0 saturated heterocycles. The Morgan fingerprint density at radius 2 is 1.77 bits per heavy atom. The first-order chi connectivity index (χ1) is 19.6. The molecule has 39 heavy (non-hydrogen) atoms. The van der Waals surface area contributed by atoms with Crippen LogP contribution in [0, 0.1) is 24.8 Å². The number of hydrogen-bond acceptors (Lipinski definition) is 6. The molecule has 207 valence electrons. The minimum Gasteiger partial charge on any atom is -0.512 e. The summed E-state index contributed by atoms with van der Waals surface area (Å²) in [5.41, 5.74) is 2.45. The molecule has 0 aliphatic carbocycles. The maximum absolute atomic E-state index is 11.7. The van der Waals surface area contributed by atoms with Gasteiger partial charge in [0.1, 0.15) is 4.83 Å². The number of nitrogens with zero attached hydrogens (tertiary/aromatic N) is 2. The number of aromatic nitrogens is 2. The SMILES string of the molecule is CCC(CC)C(=O)/C=C(\O)C(CC)CC.[2H]C([2H])([2H])c1ccc2c(n1)oc1c(-c3ccc4ccsc4n3)[c-]ccc12.[Ir]. The molecule has 5 rings (SSSR count). The molecule has 5 aromatic rings. The first-order valence-electron chi connectivity index (χ1n) is 14.6. The predicted molar refractivity (Wildman–Crippen MR) is 158 cm³/mol. The molecule has 0 aliphatic heterocycles. The summed E-state index contributed by atoms with van der Waals surface area (Å²) >= 11 is 1.58. The average molecular weight is 723 g/mol. The first kappa shape index (κ1) is 26.4. The van der Waals surface area contributed by atoms with Crippen LogP contribution < -0.4 is 0 Å². The van der Waals surface area contributed by atoms with Crippen LogP contribution in [0.15, 0.2) is 64.1 Å². The van der Waals surface area contributed by atoms with Gasteiger partial charge in [0.2, 0.25) is 5.71 Å². The molecule has 4 heterocycles. The van der Waals surface area contributed by atoms with Crippen LogP contribution in [0.5, 0.6) is 0 Å². The minimum absolute atomic E-state index is 0. The maximum Gasteiger partial charge on any atom is 0.216 e. The summed E-state index contributed by atoms with van der Waals surface area (Å²) in [6.07, 6.45) is 4.91. The number of allylic oxidation sites excluding steroid dienone is 2. The molecule has 4 aromatic heterocycles. The second kappa shape index (κ2) is 14.0. The number of pyridine rings is 2. The van der Waals surface area contributed by atoms with Crippen molar-refractivity contribution < 1.29 is 38.5 Å². The van der Waals surface area contributed by atoms with Crippen molar-refractivity contribution in [2.24, 2.45) is 11.8 Å². The second-order valence-electron chi connectivity index (χ2n) is 9.26. The largest absolute Gasteiger partial charge is 0.512 e. The van der Waals surface area contributed by atoms with Crippen molar-refractivity contribution in [1.29, 1.82) is 0 Å². The van der Waals surface area contributed by atoms with Gasteiger partial charge in [-0.25, -0.2) is 4.98 Å². The van der Waals surface area contributed by atoms with Gasteiger partial charge in [-0.2, -0.15) is 0 Å². The van der Waals surface area contributed by atoms with Crippen LogP contribution in [0.25, 0.3) is 43.5 Å². The Hall–Kier alpha value is -2.86. The molecule has 0 unspecified atom stereocenters. The van der Waals surface area contributed by atoms with Gasteiger partial charge >= 0.3 is 0 Å². The van der Waals surface area contributed by atoms with Crippen LogP contribution in [0.4, 0.5) is 0 Å². The number of aliphatic hydroxyl groups is 1. The Morgan fingerprint density at radius 1 is 1.03 bits per heavy atom. The average Bonchev–Trinajstić information content (AvgIpc) is 3.58. The quantitative estimate of drug-likeness (QED) is 0.0982. The molecule has 1 N–H and O–H groups in total. The fourth-order valence-corrected chi connectivity index (χ4v) is 5.34. The van der Waals surface area contributed by atoms with Crippen molar-refractivity contribution in [3.05, 3.63) is 71.4 Å². The molecule has 0 amide bonds. The second-order valence-corrected chi connectivity index (χ2v) is 10.2. The van der Waals surface area contributed by atoms with Crippen molar-refractivity contribution in [2.75, 3.05) is 0 Å². The normalized spacial score (nSPS) is 13.2. The van der Waals surface area contributed by atoms with Crippen molar-refractivity contribution in [2.45, 2.75) is 60.2 Å².